The molecule has 1 aliphatic rings. The molecule has 0 amide bonds. The van der Waals surface area contributed by atoms with Crippen molar-refractivity contribution in [1.82, 2.24) is 10.0 Å². The van der Waals surface area contributed by atoms with Gasteiger partial charge in [-0.2, -0.15) is 0 Å². The maximum Gasteiger partial charge on any atom is 0.212 e. The number of nitrogens with one attached hydrogen (secondary N) is 2. The lowest BCUT2D eigenvalue weighted by Gasteiger charge is -2.12. The van der Waals surface area contributed by atoms with Gasteiger partial charge in [0.25, 0.3) is 0 Å². The summed E-state index contributed by atoms with van der Waals surface area (Å²) in [5.74, 6) is 0.252. The molecule has 0 aliphatic heterocycles. The Bertz CT molecular complexity index is 308. The summed E-state index contributed by atoms with van der Waals surface area (Å²) in [6.07, 6.45) is 3.59. The first kappa shape index (κ1) is 13.9. The Kier molecular flexibility index (Phi) is 4.76. The molecule has 5 heteroatoms. The van der Waals surface area contributed by atoms with Crippen LogP contribution in [0.2, 0.25) is 0 Å². The first-order valence-electron chi connectivity index (χ1n) is 6.08. The summed E-state index contributed by atoms with van der Waals surface area (Å²) in [7, 11) is -3.06. The molecule has 0 aromatic rings. The normalized spacial score (nSPS) is 19.0. The van der Waals surface area contributed by atoms with Crippen molar-refractivity contribution in [2.45, 2.75) is 58.0 Å². The summed E-state index contributed by atoms with van der Waals surface area (Å²) in [6, 6.07) is 0.472. The van der Waals surface area contributed by atoms with Crippen molar-refractivity contribution in [2.75, 3.05) is 12.3 Å². The van der Waals surface area contributed by atoms with E-state index in [1.165, 1.54) is 0 Å². The van der Waals surface area contributed by atoms with Crippen LogP contribution in [0.4, 0.5) is 0 Å². The largest absolute Gasteiger partial charge is 0.315 e. The molecular formula is C11H24N2O2S. The maximum atomic E-state index is 11.7. The number of sulfonamides is 1. The highest BCUT2D eigenvalue weighted by molar-refractivity contribution is 7.89. The van der Waals surface area contributed by atoms with Crippen LogP contribution in [0.3, 0.4) is 0 Å². The summed E-state index contributed by atoms with van der Waals surface area (Å²) >= 11 is 0. The van der Waals surface area contributed by atoms with Gasteiger partial charge in [0.2, 0.25) is 10.0 Å². The minimum Gasteiger partial charge on any atom is -0.315 e. The summed E-state index contributed by atoms with van der Waals surface area (Å²) in [4.78, 5) is 0. The van der Waals surface area contributed by atoms with Crippen LogP contribution in [0, 0.1) is 0 Å². The highest BCUT2D eigenvalue weighted by Crippen LogP contribution is 2.35. The van der Waals surface area contributed by atoms with E-state index < -0.39 is 10.0 Å². The molecule has 0 spiro atoms. The highest BCUT2D eigenvalue weighted by Gasteiger charge is 2.40. The van der Waals surface area contributed by atoms with Crippen LogP contribution in [0.15, 0.2) is 0 Å². The van der Waals surface area contributed by atoms with Crippen molar-refractivity contribution in [3.63, 3.8) is 0 Å². The fourth-order valence-corrected chi connectivity index (χ4v) is 3.17. The molecule has 0 unspecified atom stereocenters. The summed E-state index contributed by atoms with van der Waals surface area (Å²) in [5, 5.41) is 3.28. The van der Waals surface area contributed by atoms with Gasteiger partial charge in [-0.1, -0.05) is 13.8 Å². The monoisotopic (exact) mass is 248 g/mol. The van der Waals surface area contributed by atoms with Gasteiger partial charge in [0, 0.05) is 11.6 Å². The number of rotatable bonds is 8. The van der Waals surface area contributed by atoms with E-state index in [0.29, 0.717) is 6.04 Å². The summed E-state index contributed by atoms with van der Waals surface area (Å²) in [5.41, 5.74) is -0.130. The molecule has 0 heterocycles. The molecule has 1 fully saturated rings. The molecule has 2 N–H and O–H groups in total. The summed E-state index contributed by atoms with van der Waals surface area (Å²) < 4.78 is 26.1. The van der Waals surface area contributed by atoms with Gasteiger partial charge < -0.3 is 5.32 Å². The van der Waals surface area contributed by atoms with Crippen LogP contribution in [-0.2, 0) is 10.0 Å². The molecule has 16 heavy (non-hydrogen) atoms. The van der Waals surface area contributed by atoms with Crippen molar-refractivity contribution in [3.8, 4) is 0 Å². The molecule has 1 aliphatic carbocycles. The second-order valence-electron chi connectivity index (χ2n) is 5.30. The zero-order valence-corrected chi connectivity index (χ0v) is 11.4. The van der Waals surface area contributed by atoms with Gasteiger partial charge in [-0.05, 0) is 39.2 Å². The fourth-order valence-electron chi connectivity index (χ4n) is 1.52. The fraction of sp³-hybridized carbons (Fsp3) is 1.00. The molecule has 0 saturated heterocycles. The molecule has 0 radical (unpaired) electrons. The van der Waals surface area contributed by atoms with Gasteiger partial charge in [0.05, 0.1) is 5.75 Å². The Morgan fingerprint density at radius 3 is 2.38 bits per heavy atom. The van der Waals surface area contributed by atoms with E-state index in [9.17, 15) is 8.42 Å². The molecular weight excluding hydrogens is 224 g/mol. The van der Waals surface area contributed by atoms with E-state index in [0.717, 1.165) is 32.2 Å². The third-order valence-corrected chi connectivity index (χ3v) is 4.42. The molecule has 4 nitrogen and oxygen atoms in total. The average molecular weight is 248 g/mol. The van der Waals surface area contributed by atoms with E-state index in [4.69, 9.17) is 0 Å². The van der Waals surface area contributed by atoms with Crippen LogP contribution in [0.1, 0.15) is 46.5 Å². The number of unbranched alkanes of at least 4 members (excludes halogenated alkanes) is 1. The Hall–Kier alpha value is -0.130. The van der Waals surface area contributed by atoms with E-state index in [2.05, 4.69) is 23.9 Å². The van der Waals surface area contributed by atoms with Crippen molar-refractivity contribution in [3.05, 3.63) is 0 Å². The smallest absolute Gasteiger partial charge is 0.212 e. The van der Waals surface area contributed by atoms with Crippen molar-refractivity contribution >= 4 is 10.0 Å². The van der Waals surface area contributed by atoms with Gasteiger partial charge >= 0.3 is 0 Å². The molecule has 1 saturated carbocycles. The van der Waals surface area contributed by atoms with E-state index >= 15 is 0 Å². The first-order valence-corrected chi connectivity index (χ1v) is 7.73. The van der Waals surface area contributed by atoms with Crippen LogP contribution in [-0.4, -0.2) is 32.3 Å². The molecule has 96 valence electrons. The van der Waals surface area contributed by atoms with Gasteiger partial charge in [0.15, 0.2) is 0 Å². The zero-order valence-electron chi connectivity index (χ0n) is 10.5. The van der Waals surface area contributed by atoms with Crippen molar-refractivity contribution in [1.29, 1.82) is 0 Å². The molecule has 0 atom stereocenters. The molecule has 0 aromatic heterocycles. The Morgan fingerprint density at radius 2 is 1.88 bits per heavy atom. The molecule has 0 aromatic carbocycles. The minimum absolute atomic E-state index is 0.130. The van der Waals surface area contributed by atoms with Gasteiger partial charge in [-0.15, -0.1) is 0 Å². The van der Waals surface area contributed by atoms with Gasteiger partial charge in [0.1, 0.15) is 0 Å². The van der Waals surface area contributed by atoms with E-state index in [1.54, 1.807) is 0 Å². The van der Waals surface area contributed by atoms with Crippen molar-refractivity contribution in [2.24, 2.45) is 0 Å². The van der Waals surface area contributed by atoms with Crippen LogP contribution in [0.25, 0.3) is 0 Å². The predicted octanol–water partition coefficient (Wildman–Crippen LogP) is 1.24. The first-order chi connectivity index (χ1) is 7.33. The highest BCUT2D eigenvalue weighted by atomic mass is 32.2. The maximum absolute atomic E-state index is 11.7. The lowest BCUT2D eigenvalue weighted by Crippen LogP contribution is -2.36. The van der Waals surface area contributed by atoms with Gasteiger partial charge in [-0.25, -0.2) is 13.1 Å². The average Bonchev–Trinajstić information content (AvgIpc) is 2.80. The second-order valence-corrected chi connectivity index (χ2v) is 7.14. The van der Waals surface area contributed by atoms with E-state index in [-0.39, 0.29) is 11.3 Å². The van der Waals surface area contributed by atoms with Crippen LogP contribution in [0.5, 0.6) is 0 Å². The Balaban J connectivity index is 2.11. The van der Waals surface area contributed by atoms with Gasteiger partial charge in [-0.3, -0.25) is 0 Å². The predicted molar refractivity (Wildman–Crippen MR) is 66.9 cm³/mol. The van der Waals surface area contributed by atoms with Crippen LogP contribution >= 0.6 is 0 Å². The quantitative estimate of drug-likeness (QED) is 0.635. The third-order valence-electron chi connectivity index (χ3n) is 2.79. The topological polar surface area (TPSA) is 58.2 Å². The molecule has 1 rings (SSSR count). The van der Waals surface area contributed by atoms with Crippen molar-refractivity contribution < 1.29 is 8.42 Å². The standard InChI is InChI=1S/C11H24N2O2S/c1-10(2)12-8-4-5-9-16(14,15)13-11(3)6-7-11/h10,12-13H,4-9H2,1-3H3. The lowest BCUT2D eigenvalue weighted by molar-refractivity contribution is 0.544. The zero-order chi connectivity index (χ0) is 12.2. The second kappa shape index (κ2) is 5.47. The van der Waals surface area contributed by atoms with E-state index in [1.807, 2.05) is 6.92 Å². The number of hydrogen-bond donors (Lipinski definition) is 2. The SMILES string of the molecule is CC(C)NCCCCS(=O)(=O)NC1(C)CC1. The minimum atomic E-state index is -3.06. The Morgan fingerprint density at radius 1 is 1.25 bits per heavy atom. The lowest BCUT2D eigenvalue weighted by atomic mass is 10.3. The van der Waals surface area contributed by atoms with Crippen LogP contribution < -0.4 is 10.0 Å². The Labute approximate surface area is 99.2 Å². The third kappa shape index (κ3) is 5.82. The number of hydrogen-bond acceptors (Lipinski definition) is 3. The molecule has 0 bridgehead atoms. The summed E-state index contributed by atoms with van der Waals surface area (Å²) in [6.45, 7) is 7.04.